The first kappa shape index (κ1) is 26.0. The summed E-state index contributed by atoms with van der Waals surface area (Å²) in [6.07, 6.45) is 6.02. The highest BCUT2D eigenvalue weighted by Gasteiger charge is 2.37. The standard InChI is InChI=1S/C33H42N2O/c1-21-17-27(18-22(2)29(21)34)33(15-9-8-10-16-33)28-19-23(3)30(24(4)20-28)35-31(36)25-11-13-26(14-12-25)32(5,6)7/h11-14,17-20H,8-10,15-16,34H2,1-7H3,(H,35,36). The Hall–Kier alpha value is -3.07. The molecule has 36 heavy (non-hydrogen) atoms. The van der Waals surface area contributed by atoms with E-state index in [1.807, 2.05) is 12.1 Å². The van der Waals surface area contributed by atoms with E-state index in [1.54, 1.807) is 0 Å². The van der Waals surface area contributed by atoms with Crippen molar-refractivity contribution in [1.29, 1.82) is 0 Å². The van der Waals surface area contributed by atoms with Crippen LogP contribution in [0, 0.1) is 27.7 Å². The molecule has 0 atom stereocenters. The second-order valence-electron chi connectivity index (χ2n) is 11.9. The number of aryl methyl sites for hydroxylation is 4. The summed E-state index contributed by atoms with van der Waals surface area (Å²) in [4.78, 5) is 13.1. The van der Waals surface area contributed by atoms with Crippen LogP contribution in [0.1, 0.15) is 102 Å². The smallest absolute Gasteiger partial charge is 0.255 e. The number of carbonyl (C=O) groups is 1. The molecule has 3 nitrogen and oxygen atoms in total. The van der Waals surface area contributed by atoms with E-state index < -0.39 is 0 Å². The lowest BCUT2D eigenvalue weighted by Gasteiger charge is -2.40. The minimum Gasteiger partial charge on any atom is -0.398 e. The second-order valence-corrected chi connectivity index (χ2v) is 11.9. The summed E-state index contributed by atoms with van der Waals surface area (Å²) in [5.41, 5.74) is 17.3. The maximum absolute atomic E-state index is 13.1. The molecule has 190 valence electrons. The molecule has 0 aliphatic heterocycles. The SMILES string of the molecule is Cc1cc(C2(c3cc(C)c(NC(=O)c4ccc(C(C)(C)C)cc4)c(C)c3)CCCCC2)cc(C)c1N. The van der Waals surface area contributed by atoms with Gasteiger partial charge in [-0.15, -0.1) is 0 Å². The Balaban J connectivity index is 1.69. The van der Waals surface area contributed by atoms with Crippen LogP contribution < -0.4 is 11.1 Å². The molecule has 3 aromatic rings. The molecule has 1 saturated carbocycles. The van der Waals surface area contributed by atoms with Crippen molar-refractivity contribution in [3.8, 4) is 0 Å². The molecule has 0 saturated heterocycles. The zero-order valence-corrected chi connectivity index (χ0v) is 23.1. The first-order chi connectivity index (χ1) is 16.9. The lowest BCUT2D eigenvalue weighted by atomic mass is 9.64. The van der Waals surface area contributed by atoms with E-state index in [0.717, 1.165) is 46.5 Å². The number of benzene rings is 3. The molecular formula is C33H42N2O. The third-order valence-electron chi connectivity index (χ3n) is 8.19. The van der Waals surface area contributed by atoms with Gasteiger partial charge in [-0.05, 0) is 97.0 Å². The number of carbonyl (C=O) groups excluding carboxylic acids is 1. The Bertz CT molecular complexity index is 1230. The van der Waals surface area contributed by atoms with Gasteiger partial charge in [0.25, 0.3) is 5.91 Å². The molecule has 3 heteroatoms. The number of rotatable bonds is 4. The average Bonchev–Trinajstić information content (AvgIpc) is 2.84. The largest absolute Gasteiger partial charge is 0.398 e. The number of nitrogens with one attached hydrogen (secondary N) is 1. The van der Waals surface area contributed by atoms with Gasteiger partial charge in [0.15, 0.2) is 0 Å². The zero-order valence-electron chi connectivity index (χ0n) is 23.1. The molecule has 3 aromatic carbocycles. The molecule has 0 unspecified atom stereocenters. The zero-order chi connectivity index (χ0) is 26.3. The van der Waals surface area contributed by atoms with Crippen LogP contribution in [-0.4, -0.2) is 5.91 Å². The van der Waals surface area contributed by atoms with Gasteiger partial charge in [0, 0.05) is 22.4 Å². The molecule has 1 amide bonds. The van der Waals surface area contributed by atoms with Crippen molar-refractivity contribution in [2.45, 2.75) is 91.4 Å². The minimum atomic E-state index is -0.0634. The molecule has 0 heterocycles. The first-order valence-electron chi connectivity index (χ1n) is 13.3. The Morgan fingerprint density at radius 2 is 1.25 bits per heavy atom. The summed E-state index contributed by atoms with van der Waals surface area (Å²) in [6.45, 7) is 15.0. The molecule has 0 aromatic heterocycles. The number of hydrogen-bond donors (Lipinski definition) is 2. The summed E-state index contributed by atoms with van der Waals surface area (Å²) in [5.74, 6) is -0.0634. The third-order valence-corrected chi connectivity index (χ3v) is 8.19. The maximum atomic E-state index is 13.1. The maximum Gasteiger partial charge on any atom is 0.255 e. The number of nitrogens with two attached hydrogens (primary N) is 1. The van der Waals surface area contributed by atoms with Gasteiger partial charge in [0.1, 0.15) is 0 Å². The van der Waals surface area contributed by atoms with Gasteiger partial charge in [-0.1, -0.05) is 76.4 Å². The van der Waals surface area contributed by atoms with Crippen LogP contribution >= 0.6 is 0 Å². The summed E-state index contributed by atoms with van der Waals surface area (Å²) >= 11 is 0. The Labute approximate surface area is 217 Å². The molecule has 4 rings (SSSR count). The quantitative estimate of drug-likeness (QED) is 0.367. The topological polar surface area (TPSA) is 55.1 Å². The van der Waals surface area contributed by atoms with Crippen molar-refractivity contribution in [2.24, 2.45) is 0 Å². The van der Waals surface area contributed by atoms with Crippen molar-refractivity contribution in [3.05, 3.63) is 93.0 Å². The molecular weight excluding hydrogens is 440 g/mol. The summed E-state index contributed by atoms with van der Waals surface area (Å²) in [5, 5.41) is 3.21. The van der Waals surface area contributed by atoms with Crippen LogP contribution in [-0.2, 0) is 10.8 Å². The number of amides is 1. The highest BCUT2D eigenvalue weighted by molar-refractivity contribution is 6.05. The fourth-order valence-corrected chi connectivity index (χ4v) is 5.89. The van der Waals surface area contributed by atoms with E-state index in [9.17, 15) is 4.79 Å². The first-order valence-corrected chi connectivity index (χ1v) is 13.3. The van der Waals surface area contributed by atoms with Crippen LogP contribution in [0.2, 0.25) is 0 Å². The lowest BCUT2D eigenvalue weighted by Crippen LogP contribution is -2.31. The van der Waals surface area contributed by atoms with Crippen LogP contribution in [0.3, 0.4) is 0 Å². The summed E-state index contributed by atoms with van der Waals surface area (Å²) in [7, 11) is 0. The fourth-order valence-electron chi connectivity index (χ4n) is 5.89. The number of anilines is 2. The molecule has 1 aliphatic rings. The van der Waals surface area contributed by atoms with Crippen LogP contribution in [0.4, 0.5) is 11.4 Å². The third kappa shape index (κ3) is 4.93. The van der Waals surface area contributed by atoms with E-state index in [2.05, 4.69) is 90.2 Å². The van der Waals surface area contributed by atoms with E-state index >= 15 is 0 Å². The van der Waals surface area contributed by atoms with E-state index in [-0.39, 0.29) is 16.7 Å². The second kappa shape index (κ2) is 9.76. The van der Waals surface area contributed by atoms with Crippen LogP contribution in [0.15, 0.2) is 48.5 Å². The predicted molar refractivity (Wildman–Crippen MR) is 153 cm³/mol. The molecule has 0 spiro atoms. The molecule has 1 aliphatic carbocycles. The monoisotopic (exact) mass is 482 g/mol. The van der Waals surface area contributed by atoms with Crippen molar-refractivity contribution in [2.75, 3.05) is 11.1 Å². The van der Waals surface area contributed by atoms with Gasteiger partial charge in [-0.25, -0.2) is 0 Å². The molecule has 1 fully saturated rings. The van der Waals surface area contributed by atoms with Crippen molar-refractivity contribution in [3.63, 3.8) is 0 Å². The Morgan fingerprint density at radius 1 is 0.778 bits per heavy atom. The average molecular weight is 483 g/mol. The Morgan fingerprint density at radius 3 is 1.72 bits per heavy atom. The van der Waals surface area contributed by atoms with Gasteiger partial charge in [0.2, 0.25) is 0 Å². The van der Waals surface area contributed by atoms with Gasteiger partial charge < -0.3 is 11.1 Å². The molecule has 3 N–H and O–H groups in total. The van der Waals surface area contributed by atoms with E-state index in [0.29, 0.717) is 5.56 Å². The minimum absolute atomic E-state index is 0.0116. The predicted octanol–water partition coefficient (Wildman–Crippen LogP) is 8.30. The number of nitrogen functional groups attached to an aromatic ring is 1. The molecule has 0 radical (unpaired) electrons. The summed E-state index contributed by atoms with van der Waals surface area (Å²) in [6, 6.07) is 17.2. The van der Waals surface area contributed by atoms with E-state index in [4.69, 9.17) is 5.73 Å². The van der Waals surface area contributed by atoms with Gasteiger partial charge >= 0.3 is 0 Å². The van der Waals surface area contributed by atoms with Crippen molar-refractivity contribution < 1.29 is 4.79 Å². The van der Waals surface area contributed by atoms with Gasteiger partial charge in [0.05, 0.1) is 0 Å². The number of hydrogen-bond acceptors (Lipinski definition) is 2. The Kier molecular flexibility index (Phi) is 7.05. The van der Waals surface area contributed by atoms with Crippen molar-refractivity contribution >= 4 is 17.3 Å². The highest BCUT2D eigenvalue weighted by Crippen LogP contribution is 2.47. The normalized spacial score (nSPS) is 15.5. The molecule has 0 bridgehead atoms. The lowest BCUT2D eigenvalue weighted by molar-refractivity contribution is 0.102. The van der Waals surface area contributed by atoms with Crippen LogP contribution in [0.5, 0.6) is 0 Å². The highest BCUT2D eigenvalue weighted by atomic mass is 16.1. The van der Waals surface area contributed by atoms with Gasteiger partial charge in [-0.3, -0.25) is 4.79 Å². The fraction of sp³-hybridized carbons (Fsp3) is 0.424. The van der Waals surface area contributed by atoms with Crippen molar-refractivity contribution in [1.82, 2.24) is 0 Å². The van der Waals surface area contributed by atoms with Crippen LogP contribution in [0.25, 0.3) is 0 Å². The summed E-state index contributed by atoms with van der Waals surface area (Å²) < 4.78 is 0. The van der Waals surface area contributed by atoms with Gasteiger partial charge in [-0.2, -0.15) is 0 Å². The van der Waals surface area contributed by atoms with E-state index in [1.165, 1.54) is 36.0 Å².